The minimum absolute atomic E-state index is 0.108. The molecule has 0 bridgehead atoms. The summed E-state index contributed by atoms with van der Waals surface area (Å²) in [6, 6.07) is 7.23. The molecule has 0 amide bonds. The van der Waals surface area contributed by atoms with E-state index in [0.717, 1.165) is 5.56 Å². The summed E-state index contributed by atoms with van der Waals surface area (Å²) in [4.78, 5) is 0.297. The maximum Gasteiger partial charge on any atom is 0.244 e. The van der Waals surface area contributed by atoms with Gasteiger partial charge in [0.25, 0.3) is 0 Å². The van der Waals surface area contributed by atoms with E-state index >= 15 is 0 Å². The van der Waals surface area contributed by atoms with Crippen LogP contribution in [0.5, 0.6) is 0 Å². The van der Waals surface area contributed by atoms with Gasteiger partial charge in [-0.15, -0.1) is 0 Å². The van der Waals surface area contributed by atoms with E-state index in [2.05, 4.69) is 0 Å². The molecule has 4 nitrogen and oxygen atoms in total. The monoisotopic (exact) mass is 266 g/mol. The van der Waals surface area contributed by atoms with Crippen LogP contribution in [0.4, 0.5) is 0 Å². The van der Waals surface area contributed by atoms with Gasteiger partial charge in [-0.25, -0.2) is 8.42 Å². The Morgan fingerprint density at radius 2 is 2.00 bits per heavy atom. The number of benzene rings is 1. The van der Waals surface area contributed by atoms with Crippen molar-refractivity contribution in [1.82, 2.24) is 4.31 Å². The van der Waals surface area contributed by atoms with Crippen LogP contribution in [0.3, 0.4) is 0 Å². The number of nitriles is 1. The van der Waals surface area contributed by atoms with Crippen molar-refractivity contribution in [2.45, 2.75) is 32.1 Å². The highest BCUT2D eigenvalue weighted by atomic mass is 32.2. The Labute approximate surface area is 109 Å². The van der Waals surface area contributed by atoms with Crippen molar-refractivity contribution >= 4 is 10.0 Å². The lowest BCUT2D eigenvalue weighted by Crippen LogP contribution is -2.32. The highest BCUT2D eigenvalue weighted by Gasteiger charge is 2.25. The van der Waals surface area contributed by atoms with Gasteiger partial charge >= 0.3 is 0 Å². The number of hydrogen-bond donors (Lipinski definition) is 0. The Morgan fingerprint density at radius 3 is 2.56 bits per heavy atom. The quantitative estimate of drug-likeness (QED) is 0.768. The zero-order chi connectivity index (χ0) is 13.8. The zero-order valence-corrected chi connectivity index (χ0v) is 11.8. The van der Waals surface area contributed by atoms with Crippen LogP contribution >= 0.6 is 0 Å². The molecule has 0 heterocycles. The molecule has 0 radical (unpaired) electrons. The second kappa shape index (κ2) is 5.98. The van der Waals surface area contributed by atoms with E-state index in [-0.39, 0.29) is 6.54 Å². The molecule has 18 heavy (non-hydrogen) atoms. The summed E-state index contributed by atoms with van der Waals surface area (Å²) in [5.74, 6) is 0. The molecule has 0 N–H and O–H groups in total. The average molecular weight is 266 g/mol. The third-order valence-electron chi connectivity index (χ3n) is 2.68. The molecule has 5 heteroatoms. The van der Waals surface area contributed by atoms with E-state index in [1.807, 2.05) is 26.0 Å². The van der Waals surface area contributed by atoms with Crippen molar-refractivity contribution in [2.75, 3.05) is 13.1 Å². The maximum atomic E-state index is 12.5. The van der Waals surface area contributed by atoms with Crippen LogP contribution in [0, 0.1) is 25.2 Å². The molecule has 1 aromatic rings. The first kappa shape index (κ1) is 14.7. The summed E-state index contributed by atoms with van der Waals surface area (Å²) < 4.78 is 26.2. The van der Waals surface area contributed by atoms with Crippen molar-refractivity contribution in [2.24, 2.45) is 0 Å². The van der Waals surface area contributed by atoms with E-state index < -0.39 is 10.0 Å². The van der Waals surface area contributed by atoms with Crippen molar-refractivity contribution in [3.8, 4) is 6.07 Å². The maximum absolute atomic E-state index is 12.5. The highest BCUT2D eigenvalue weighted by molar-refractivity contribution is 7.89. The Balaban J connectivity index is 3.26. The molecular weight excluding hydrogens is 248 g/mol. The molecule has 0 saturated heterocycles. The first-order valence-electron chi connectivity index (χ1n) is 5.87. The topological polar surface area (TPSA) is 61.2 Å². The van der Waals surface area contributed by atoms with Gasteiger partial charge in [0.15, 0.2) is 0 Å². The van der Waals surface area contributed by atoms with Gasteiger partial charge in [0.2, 0.25) is 10.0 Å². The van der Waals surface area contributed by atoms with Gasteiger partial charge in [-0.2, -0.15) is 9.57 Å². The predicted octanol–water partition coefficient (Wildman–Crippen LogP) is 2.23. The summed E-state index contributed by atoms with van der Waals surface area (Å²) in [6.45, 7) is 5.77. The Kier molecular flexibility index (Phi) is 4.88. The van der Waals surface area contributed by atoms with E-state index in [1.165, 1.54) is 4.31 Å². The van der Waals surface area contributed by atoms with E-state index in [1.54, 1.807) is 19.1 Å². The van der Waals surface area contributed by atoms with Crippen LogP contribution in [0.25, 0.3) is 0 Å². The van der Waals surface area contributed by atoms with Gasteiger partial charge in [0.1, 0.15) is 6.54 Å². The summed E-state index contributed by atoms with van der Waals surface area (Å²) in [5.41, 5.74) is 1.60. The number of aryl methyl sites for hydroxylation is 2. The SMILES string of the molecule is CCCN(CC#N)S(=O)(=O)c1cc(C)ccc1C. The minimum atomic E-state index is -3.57. The first-order valence-corrected chi connectivity index (χ1v) is 7.31. The average Bonchev–Trinajstić information content (AvgIpc) is 2.32. The van der Waals surface area contributed by atoms with Crippen LogP contribution in [0.2, 0.25) is 0 Å². The van der Waals surface area contributed by atoms with Crippen LogP contribution < -0.4 is 0 Å². The summed E-state index contributed by atoms with van der Waals surface area (Å²) >= 11 is 0. The molecule has 0 atom stereocenters. The smallest absolute Gasteiger partial charge is 0.207 e. The fourth-order valence-electron chi connectivity index (χ4n) is 1.74. The number of sulfonamides is 1. The molecule has 0 aliphatic rings. The summed E-state index contributed by atoms with van der Waals surface area (Å²) in [6.07, 6.45) is 0.686. The van der Waals surface area contributed by atoms with E-state index in [0.29, 0.717) is 23.4 Å². The second-order valence-corrected chi connectivity index (χ2v) is 6.17. The molecule has 98 valence electrons. The second-order valence-electron chi connectivity index (χ2n) is 4.27. The third kappa shape index (κ3) is 3.09. The van der Waals surface area contributed by atoms with Crippen molar-refractivity contribution in [1.29, 1.82) is 5.26 Å². The molecule has 0 spiro atoms. The Morgan fingerprint density at radius 1 is 1.33 bits per heavy atom. The van der Waals surface area contributed by atoms with Gasteiger partial charge in [-0.3, -0.25) is 0 Å². The van der Waals surface area contributed by atoms with Crippen molar-refractivity contribution < 1.29 is 8.42 Å². The molecule has 0 unspecified atom stereocenters. The molecule has 0 aliphatic carbocycles. The van der Waals surface area contributed by atoms with Gasteiger partial charge in [0, 0.05) is 6.54 Å². The van der Waals surface area contributed by atoms with Crippen molar-refractivity contribution in [3.05, 3.63) is 29.3 Å². The van der Waals surface area contributed by atoms with Crippen LogP contribution in [0.15, 0.2) is 23.1 Å². The van der Waals surface area contributed by atoms with E-state index in [4.69, 9.17) is 5.26 Å². The predicted molar refractivity (Wildman–Crippen MR) is 70.6 cm³/mol. The first-order chi connectivity index (χ1) is 8.43. The van der Waals surface area contributed by atoms with Crippen LogP contribution in [0.1, 0.15) is 24.5 Å². The number of nitrogens with zero attached hydrogens (tertiary/aromatic N) is 2. The van der Waals surface area contributed by atoms with E-state index in [9.17, 15) is 8.42 Å². The highest BCUT2D eigenvalue weighted by Crippen LogP contribution is 2.21. The van der Waals surface area contributed by atoms with Gasteiger partial charge < -0.3 is 0 Å². The zero-order valence-electron chi connectivity index (χ0n) is 11.0. The summed E-state index contributed by atoms with van der Waals surface area (Å²) in [7, 11) is -3.57. The van der Waals surface area contributed by atoms with Crippen LogP contribution in [-0.2, 0) is 10.0 Å². The molecule has 0 saturated carbocycles. The summed E-state index contributed by atoms with van der Waals surface area (Å²) in [5, 5.41) is 8.74. The molecule has 0 aromatic heterocycles. The van der Waals surface area contributed by atoms with Crippen LogP contribution in [-0.4, -0.2) is 25.8 Å². The Bertz CT molecular complexity index is 559. The molecule has 0 fully saturated rings. The molecule has 1 aromatic carbocycles. The largest absolute Gasteiger partial charge is 0.244 e. The van der Waals surface area contributed by atoms with Crippen molar-refractivity contribution in [3.63, 3.8) is 0 Å². The minimum Gasteiger partial charge on any atom is -0.207 e. The fraction of sp³-hybridized carbons (Fsp3) is 0.462. The molecule has 0 aliphatic heterocycles. The number of hydrogen-bond acceptors (Lipinski definition) is 3. The number of rotatable bonds is 5. The van der Waals surface area contributed by atoms with Gasteiger partial charge in [-0.1, -0.05) is 19.1 Å². The van der Waals surface area contributed by atoms with Gasteiger partial charge in [-0.05, 0) is 37.5 Å². The third-order valence-corrected chi connectivity index (χ3v) is 4.67. The lowest BCUT2D eigenvalue weighted by Gasteiger charge is -2.20. The van der Waals surface area contributed by atoms with Gasteiger partial charge in [0.05, 0.1) is 11.0 Å². The lowest BCUT2D eigenvalue weighted by atomic mass is 10.2. The molecule has 1 rings (SSSR count). The molecular formula is C13H18N2O2S. The standard InChI is InChI=1S/C13H18N2O2S/c1-4-8-15(9-7-14)18(16,17)13-10-11(2)5-6-12(13)3/h5-6,10H,4,8-9H2,1-3H3. The lowest BCUT2D eigenvalue weighted by molar-refractivity contribution is 0.444. The fourth-order valence-corrected chi connectivity index (χ4v) is 3.48. The normalized spacial score (nSPS) is 11.5. The Hall–Kier alpha value is -1.38.